The Kier molecular flexibility index (Phi) is 6.52. The lowest BCUT2D eigenvalue weighted by atomic mass is 9.86. The van der Waals surface area contributed by atoms with Crippen LogP contribution in [0.3, 0.4) is 0 Å². The van der Waals surface area contributed by atoms with Crippen LogP contribution in [0.5, 0.6) is 0 Å². The van der Waals surface area contributed by atoms with Crippen molar-refractivity contribution in [3.63, 3.8) is 0 Å². The van der Waals surface area contributed by atoms with Crippen LogP contribution < -0.4 is 10.6 Å². The van der Waals surface area contributed by atoms with E-state index < -0.39 is 11.8 Å². The fraction of sp³-hybridized carbons (Fsp3) is 0.882. The summed E-state index contributed by atoms with van der Waals surface area (Å²) in [6.45, 7) is 2.79. The van der Waals surface area contributed by atoms with E-state index in [1.807, 2.05) is 0 Å². The van der Waals surface area contributed by atoms with Crippen LogP contribution in [0.2, 0.25) is 0 Å². The molecule has 120 valence electrons. The molecule has 4 nitrogen and oxygen atoms in total. The molecule has 0 unspecified atom stereocenters. The van der Waals surface area contributed by atoms with Gasteiger partial charge < -0.3 is 10.6 Å². The Morgan fingerprint density at radius 2 is 1.57 bits per heavy atom. The minimum atomic E-state index is -0.455. The lowest BCUT2D eigenvalue weighted by molar-refractivity contribution is -0.140. The molecule has 0 saturated heterocycles. The van der Waals surface area contributed by atoms with Gasteiger partial charge in [0, 0.05) is 12.6 Å². The van der Waals surface area contributed by atoms with Crippen LogP contribution in [0, 0.1) is 11.8 Å². The molecule has 0 radical (unpaired) electrons. The smallest absolute Gasteiger partial charge is 0.309 e. The fourth-order valence-electron chi connectivity index (χ4n) is 3.71. The van der Waals surface area contributed by atoms with Crippen molar-refractivity contribution in [1.82, 2.24) is 10.6 Å². The third kappa shape index (κ3) is 5.33. The van der Waals surface area contributed by atoms with E-state index in [0.29, 0.717) is 12.5 Å². The predicted octanol–water partition coefficient (Wildman–Crippen LogP) is 2.77. The Morgan fingerprint density at radius 1 is 0.905 bits per heavy atom. The molecule has 0 heterocycles. The Balaban J connectivity index is 1.63. The van der Waals surface area contributed by atoms with Gasteiger partial charge in [-0.2, -0.15) is 0 Å². The van der Waals surface area contributed by atoms with Crippen LogP contribution in [0.15, 0.2) is 0 Å². The normalized spacial score (nSPS) is 27.1. The van der Waals surface area contributed by atoms with Gasteiger partial charge in [-0.15, -0.1) is 0 Å². The van der Waals surface area contributed by atoms with Gasteiger partial charge in [-0.25, -0.2) is 0 Å². The molecule has 2 aliphatic rings. The van der Waals surface area contributed by atoms with Crippen molar-refractivity contribution in [2.24, 2.45) is 11.8 Å². The zero-order chi connectivity index (χ0) is 15.1. The molecule has 21 heavy (non-hydrogen) atoms. The molecule has 0 aromatic rings. The second-order valence-corrected chi connectivity index (χ2v) is 6.89. The minimum absolute atomic E-state index is 0.176. The largest absolute Gasteiger partial charge is 0.348 e. The van der Waals surface area contributed by atoms with E-state index in [4.69, 9.17) is 0 Å². The van der Waals surface area contributed by atoms with Gasteiger partial charge in [0.15, 0.2) is 0 Å². The van der Waals surface area contributed by atoms with Gasteiger partial charge in [0.25, 0.3) is 0 Å². The third-order valence-corrected chi connectivity index (χ3v) is 5.20. The molecule has 2 saturated carbocycles. The van der Waals surface area contributed by atoms with Crippen molar-refractivity contribution < 1.29 is 9.59 Å². The second-order valence-electron chi connectivity index (χ2n) is 6.89. The topological polar surface area (TPSA) is 58.2 Å². The van der Waals surface area contributed by atoms with Crippen LogP contribution in [-0.2, 0) is 9.59 Å². The van der Waals surface area contributed by atoms with Crippen molar-refractivity contribution in [2.75, 3.05) is 6.54 Å². The summed E-state index contributed by atoms with van der Waals surface area (Å²) in [5, 5.41) is 5.69. The SMILES string of the molecule is C[C@@H]1CCCC[C@@H]1NC(=O)C(=O)NCCC1CCCCC1. The summed E-state index contributed by atoms with van der Waals surface area (Å²) in [6, 6.07) is 0.176. The summed E-state index contributed by atoms with van der Waals surface area (Å²) in [5.74, 6) is 0.319. The number of rotatable bonds is 4. The number of amides is 2. The predicted molar refractivity (Wildman–Crippen MR) is 83.8 cm³/mol. The molecule has 0 bridgehead atoms. The van der Waals surface area contributed by atoms with Crippen molar-refractivity contribution in [3.8, 4) is 0 Å². The first-order valence-corrected chi connectivity index (χ1v) is 8.75. The highest BCUT2D eigenvalue weighted by molar-refractivity contribution is 6.35. The molecule has 4 heteroatoms. The maximum atomic E-state index is 11.9. The summed E-state index contributed by atoms with van der Waals surface area (Å²) in [5.41, 5.74) is 0. The molecular weight excluding hydrogens is 264 g/mol. The monoisotopic (exact) mass is 294 g/mol. The van der Waals surface area contributed by atoms with E-state index in [-0.39, 0.29) is 6.04 Å². The Hall–Kier alpha value is -1.06. The third-order valence-electron chi connectivity index (χ3n) is 5.20. The van der Waals surface area contributed by atoms with Crippen LogP contribution in [0.4, 0.5) is 0 Å². The molecule has 2 rings (SSSR count). The van der Waals surface area contributed by atoms with Gasteiger partial charge in [-0.3, -0.25) is 9.59 Å². The lowest BCUT2D eigenvalue weighted by Gasteiger charge is -2.29. The standard InChI is InChI=1S/C17H30N2O2/c1-13-7-5-6-10-15(13)19-17(21)16(20)18-12-11-14-8-3-2-4-9-14/h13-15H,2-12H2,1H3,(H,18,20)(H,19,21)/t13-,15+/m1/s1. The molecular formula is C17H30N2O2. The van der Waals surface area contributed by atoms with Crippen LogP contribution >= 0.6 is 0 Å². The number of carbonyl (C=O) groups excluding carboxylic acids is 2. The first kappa shape index (κ1) is 16.3. The summed E-state index contributed by atoms with van der Waals surface area (Å²) >= 11 is 0. The Morgan fingerprint density at radius 3 is 2.29 bits per heavy atom. The van der Waals surface area contributed by atoms with E-state index in [2.05, 4.69) is 17.6 Å². The summed E-state index contributed by atoms with van der Waals surface area (Å²) in [4.78, 5) is 23.8. The first-order chi connectivity index (χ1) is 10.2. The maximum absolute atomic E-state index is 11.9. The van der Waals surface area contributed by atoms with Crippen LogP contribution in [0.25, 0.3) is 0 Å². The van der Waals surface area contributed by atoms with E-state index >= 15 is 0 Å². The van der Waals surface area contributed by atoms with Crippen molar-refractivity contribution >= 4 is 11.8 Å². The van der Waals surface area contributed by atoms with Crippen molar-refractivity contribution in [1.29, 1.82) is 0 Å². The van der Waals surface area contributed by atoms with Crippen molar-refractivity contribution in [2.45, 2.75) is 77.2 Å². The maximum Gasteiger partial charge on any atom is 0.309 e. The van der Waals surface area contributed by atoms with Gasteiger partial charge in [-0.1, -0.05) is 51.9 Å². The molecule has 0 aromatic heterocycles. The average Bonchev–Trinajstić information content (AvgIpc) is 2.50. The zero-order valence-corrected chi connectivity index (χ0v) is 13.3. The summed E-state index contributed by atoms with van der Waals surface area (Å²) in [6.07, 6.45) is 12.1. The van der Waals surface area contributed by atoms with E-state index in [0.717, 1.165) is 31.6 Å². The van der Waals surface area contributed by atoms with Gasteiger partial charge in [0.05, 0.1) is 0 Å². The molecule has 2 amide bonds. The molecule has 0 aromatic carbocycles. The van der Waals surface area contributed by atoms with Crippen LogP contribution in [0.1, 0.15) is 71.1 Å². The quantitative estimate of drug-likeness (QED) is 0.783. The molecule has 0 spiro atoms. The Bertz CT molecular complexity index is 351. The molecule has 0 aliphatic heterocycles. The highest BCUT2D eigenvalue weighted by atomic mass is 16.2. The number of nitrogens with one attached hydrogen (secondary N) is 2. The van der Waals surface area contributed by atoms with Gasteiger partial charge in [0.2, 0.25) is 0 Å². The minimum Gasteiger partial charge on any atom is -0.348 e. The van der Waals surface area contributed by atoms with Gasteiger partial charge >= 0.3 is 11.8 Å². The van der Waals surface area contributed by atoms with E-state index in [1.165, 1.54) is 38.5 Å². The average molecular weight is 294 g/mol. The number of hydrogen-bond donors (Lipinski definition) is 2. The van der Waals surface area contributed by atoms with Crippen LogP contribution in [-0.4, -0.2) is 24.4 Å². The summed E-state index contributed by atoms with van der Waals surface area (Å²) in [7, 11) is 0. The van der Waals surface area contributed by atoms with Gasteiger partial charge in [0.1, 0.15) is 0 Å². The van der Waals surface area contributed by atoms with Gasteiger partial charge in [-0.05, 0) is 31.1 Å². The zero-order valence-electron chi connectivity index (χ0n) is 13.3. The highest BCUT2D eigenvalue weighted by Gasteiger charge is 2.25. The fourth-order valence-corrected chi connectivity index (χ4v) is 3.71. The van der Waals surface area contributed by atoms with E-state index in [9.17, 15) is 9.59 Å². The molecule has 2 fully saturated rings. The van der Waals surface area contributed by atoms with Crippen molar-refractivity contribution in [3.05, 3.63) is 0 Å². The first-order valence-electron chi connectivity index (χ1n) is 8.75. The Labute approximate surface area is 128 Å². The lowest BCUT2D eigenvalue weighted by Crippen LogP contribution is -2.48. The number of carbonyl (C=O) groups is 2. The second kappa shape index (κ2) is 8.40. The summed E-state index contributed by atoms with van der Waals surface area (Å²) < 4.78 is 0. The molecule has 2 aliphatic carbocycles. The highest BCUT2D eigenvalue weighted by Crippen LogP contribution is 2.26. The van der Waals surface area contributed by atoms with E-state index in [1.54, 1.807) is 0 Å². The molecule has 2 atom stereocenters. The molecule has 2 N–H and O–H groups in total. The number of hydrogen-bond acceptors (Lipinski definition) is 2.